The molecule has 2 N–H and O–H groups in total. The number of nitrogens with one attached hydrogen (secondary N) is 2. The second kappa shape index (κ2) is 14.8. The third kappa shape index (κ3) is 11.2. The van der Waals surface area contributed by atoms with Gasteiger partial charge >= 0.3 is 0 Å². The second-order valence-corrected chi connectivity index (χ2v) is 5.14. The van der Waals surface area contributed by atoms with Crippen molar-refractivity contribution in [2.75, 3.05) is 52.5 Å². The van der Waals surface area contributed by atoms with Gasteiger partial charge in [-0.3, -0.25) is 4.99 Å². The number of unbranched alkanes of at least 4 members (excludes halogenated alkanes) is 1. The minimum Gasteiger partial charge on any atom is -0.380 e. The Balaban J connectivity index is 0.00000400. The number of likely N-dealkylation sites (tertiary alicyclic amines) is 1. The highest BCUT2D eigenvalue weighted by molar-refractivity contribution is 14.0. The van der Waals surface area contributed by atoms with E-state index in [0.717, 1.165) is 38.8 Å². The van der Waals surface area contributed by atoms with Crippen LogP contribution in [0, 0.1) is 0 Å². The monoisotopic (exact) mass is 412 g/mol. The van der Waals surface area contributed by atoms with E-state index in [1.54, 1.807) is 0 Å². The summed E-state index contributed by atoms with van der Waals surface area (Å²) in [6, 6.07) is 0. The standard InChI is InChI=1S/C15H32N4O.HI/c1-3-16-15(18-10-14-20-4-2)17-9-5-6-11-19-12-7-8-13-19;/h3-14H2,1-2H3,(H2,16,17,18);1H. The third-order valence-electron chi connectivity index (χ3n) is 3.44. The summed E-state index contributed by atoms with van der Waals surface area (Å²) < 4.78 is 5.31. The van der Waals surface area contributed by atoms with E-state index in [-0.39, 0.29) is 24.0 Å². The number of rotatable bonds is 10. The summed E-state index contributed by atoms with van der Waals surface area (Å²) in [6.45, 7) is 12.0. The van der Waals surface area contributed by atoms with Crippen LogP contribution in [0.15, 0.2) is 4.99 Å². The largest absolute Gasteiger partial charge is 0.380 e. The van der Waals surface area contributed by atoms with E-state index in [1.165, 1.54) is 45.3 Å². The highest BCUT2D eigenvalue weighted by Gasteiger charge is 2.09. The van der Waals surface area contributed by atoms with Crippen LogP contribution in [0.25, 0.3) is 0 Å². The van der Waals surface area contributed by atoms with Crippen molar-refractivity contribution < 1.29 is 4.74 Å². The third-order valence-corrected chi connectivity index (χ3v) is 3.44. The Morgan fingerprint density at radius 1 is 1.14 bits per heavy atom. The van der Waals surface area contributed by atoms with E-state index >= 15 is 0 Å². The molecule has 1 rings (SSSR count). The molecule has 6 heteroatoms. The van der Waals surface area contributed by atoms with Crippen LogP contribution in [0.2, 0.25) is 0 Å². The molecule has 0 aromatic carbocycles. The fourth-order valence-corrected chi connectivity index (χ4v) is 2.37. The highest BCUT2D eigenvalue weighted by atomic mass is 127. The molecule has 21 heavy (non-hydrogen) atoms. The fourth-order valence-electron chi connectivity index (χ4n) is 2.37. The minimum atomic E-state index is 0. The van der Waals surface area contributed by atoms with E-state index in [1.807, 2.05) is 6.92 Å². The zero-order valence-corrected chi connectivity index (χ0v) is 16.0. The van der Waals surface area contributed by atoms with Crippen LogP contribution in [-0.2, 0) is 4.74 Å². The van der Waals surface area contributed by atoms with E-state index in [2.05, 4.69) is 27.4 Å². The van der Waals surface area contributed by atoms with Crippen LogP contribution >= 0.6 is 24.0 Å². The number of ether oxygens (including phenoxy) is 1. The lowest BCUT2D eigenvalue weighted by Crippen LogP contribution is -2.39. The van der Waals surface area contributed by atoms with Gasteiger partial charge in [0.25, 0.3) is 0 Å². The van der Waals surface area contributed by atoms with Crippen LogP contribution in [0.4, 0.5) is 0 Å². The molecule has 1 saturated heterocycles. The van der Waals surface area contributed by atoms with E-state index in [0.29, 0.717) is 0 Å². The van der Waals surface area contributed by atoms with Crippen molar-refractivity contribution in [1.29, 1.82) is 0 Å². The summed E-state index contributed by atoms with van der Waals surface area (Å²) in [5.74, 6) is 0.911. The van der Waals surface area contributed by atoms with Crippen molar-refractivity contribution in [2.24, 2.45) is 4.99 Å². The topological polar surface area (TPSA) is 48.9 Å². The Kier molecular flexibility index (Phi) is 14.8. The molecule has 0 saturated carbocycles. The smallest absolute Gasteiger partial charge is 0.191 e. The lowest BCUT2D eigenvalue weighted by Gasteiger charge is -2.14. The maximum absolute atomic E-state index is 5.31. The minimum absolute atomic E-state index is 0. The number of aliphatic imine (C=N–C) groups is 1. The van der Waals surface area contributed by atoms with Crippen LogP contribution in [0.3, 0.4) is 0 Å². The van der Waals surface area contributed by atoms with Gasteiger partial charge in [0.05, 0.1) is 6.61 Å². The Hall–Kier alpha value is -0.0800. The van der Waals surface area contributed by atoms with Gasteiger partial charge in [-0.05, 0) is 59.2 Å². The molecule has 0 atom stereocenters. The van der Waals surface area contributed by atoms with Gasteiger partial charge in [0.1, 0.15) is 0 Å². The molecule has 0 aliphatic carbocycles. The van der Waals surface area contributed by atoms with Crippen LogP contribution in [-0.4, -0.2) is 63.3 Å². The molecular weight excluding hydrogens is 379 g/mol. The first-order chi connectivity index (χ1) is 9.86. The molecular formula is C15H33IN4O. The Labute approximate surface area is 147 Å². The molecule has 5 nitrogen and oxygen atoms in total. The van der Waals surface area contributed by atoms with Gasteiger partial charge in [-0.25, -0.2) is 0 Å². The Morgan fingerprint density at radius 2 is 1.90 bits per heavy atom. The lowest BCUT2D eigenvalue weighted by molar-refractivity contribution is 0.152. The average Bonchev–Trinajstić information content (AvgIpc) is 2.96. The molecule has 0 unspecified atom stereocenters. The van der Waals surface area contributed by atoms with E-state index in [4.69, 9.17) is 4.74 Å². The maximum atomic E-state index is 5.31. The summed E-state index contributed by atoms with van der Waals surface area (Å²) in [5, 5.41) is 6.56. The number of nitrogens with zero attached hydrogens (tertiary/aromatic N) is 2. The van der Waals surface area contributed by atoms with Crippen LogP contribution in [0.1, 0.15) is 39.5 Å². The molecule has 0 bridgehead atoms. The molecule has 0 spiro atoms. The molecule has 1 heterocycles. The molecule has 1 aliphatic rings. The van der Waals surface area contributed by atoms with Crippen molar-refractivity contribution in [3.8, 4) is 0 Å². The highest BCUT2D eigenvalue weighted by Crippen LogP contribution is 2.08. The van der Waals surface area contributed by atoms with Crippen LogP contribution < -0.4 is 10.6 Å². The van der Waals surface area contributed by atoms with Gasteiger partial charge < -0.3 is 20.3 Å². The van der Waals surface area contributed by atoms with Crippen molar-refractivity contribution in [1.82, 2.24) is 15.5 Å². The molecule has 0 radical (unpaired) electrons. The number of halogens is 1. The average molecular weight is 412 g/mol. The van der Waals surface area contributed by atoms with Gasteiger partial charge in [-0.15, -0.1) is 24.0 Å². The second-order valence-electron chi connectivity index (χ2n) is 5.14. The Morgan fingerprint density at radius 3 is 2.57 bits per heavy atom. The summed E-state index contributed by atoms with van der Waals surface area (Å²) in [7, 11) is 0. The first-order valence-electron chi connectivity index (χ1n) is 8.19. The van der Waals surface area contributed by atoms with Gasteiger partial charge in [0.2, 0.25) is 0 Å². The fraction of sp³-hybridized carbons (Fsp3) is 0.933. The molecule has 0 aromatic rings. The summed E-state index contributed by atoms with van der Waals surface area (Å²) in [4.78, 5) is 7.16. The molecule has 1 aliphatic heterocycles. The summed E-state index contributed by atoms with van der Waals surface area (Å²) in [6.07, 6.45) is 5.18. The Bertz CT molecular complexity index is 258. The summed E-state index contributed by atoms with van der Waals surface area (Å²) in [5.41, 5.74) is 0. The first kappa shape index (κ1) is 20.9. The van der Waals surface area contributed by atoms with Gasteiger partial charge in [0, 0.05) is 26.2 Å². The predicted octanol–water partition coefficient (Wildman–Crippen LogP) is 2.07. The van der Waals surface area contributed by atoms with Crippen molar-refractivity contribution >= 4 is 29.9 Å². The normalized spacial score (nSPS) is 15.8. The lowest BCUT2D eigenvalue weighted by atomic mass is 10.3. The van der Waals surface area contributed by atoms with Crippen molar-refractivity contribution in [2.45, 2.75) is 39.5 Å². The predicted molar refractivity (Wildman–Crippen MR) is 101 cm³/mol. The summed E-state index contributed by atoms with van der Waals surface area (Å²) >= 11 is 0. The SMILES string of the molecule is CCNC(=NCCCCN1CCCC1)NCCOCC.I. The van der Waals surface area contributed by atoms with E-state index < -0.39 is 0 Å². The molecule has 126 valence electrons. The van der Waals surface area contributed by atoms with Crippen molar-refractivity contribution in [3.05, 3.63) is 0 Å². The number of hydrogen-bond acceptors (Lipinski definition) is 3. The number of hydrogen-bond donors (Lipinski definition) is 2. The molecule has 1 fully saturated rings. The van der Waals surface area contributed by atoms with Crippen LogP contribution in [0.5, 0.6) is 0 Å². The van der Waals surface area contributed by atoms with Gasteiger partial charge in [-0.1, -0.05) is 0 Å². The van der Waals surface area contributed by atoms with Gasteiger partial charge in [0.15, 0.2) is 5.96 Å². The maximum Gasteiger partial charge on any atom is 0.191 e. The zero-order valence-electron chi connectivity index (χ0n) is 13.7. The van der Waals surface area contributed by atoms with E-state index in [9.17, 15) is 0 Å². The molecule has 0 amide bonds. The quantitative estimate of drug-likeness (QED) is 0.250. The number of guanidine groups is 1. The molecule has 0 aromatic heterocycles. The first-order valence-corrected chi connectivity index (χ1v) is 8.19. The van der Waals surface area contributed by atoms with Gasteiger partial charge in [-0.2, -0.15) is 0 Å². The van der Waals surface area contributed by atoms with Crippen molar-refractivity contribution in [3.63, 3.8) is 0 Å². The zero-order chi connectivity index (χ0) is 14.5.